The summed E-state index contributed by atoms with van der Waals surface area (Å²) in [6.45, 7) is 2.35. The number of piperidine rings is 1. The molecule has 1 saturated heterocycles. The number of amides is 2. The standard InChI is InChI=1S/C18H21N3O2/c22-17-6-2-4-12-21(17)18(23)8-7-15-9-13-20(14-10-15)16-5-1-3-11-19-16/h1-3,5-8,11,15H,4,9-10,12-14H2/b8-7+. The maximum atomic E-state index is 12.1. The third kappa shape index (κ3) is 3.86. The van der Waals surface area contributed by atoms with Crippen molar-refractivity contribution >= 4 is 17.6 Å². The Kier molecular flexibility index (Phi) is 4.86. The molecule has 0 aromatic carbocycles. The average Bonchev–Trinajstić information content (AvgIpc) is 2.61. The molecule has 5 nitrogen and oxygen atoms in total. The summed E-state index contributed by atoms with van der Waals surface area (Å²) in [7, 11) is 0. The summed E-state index contributed by atoms with van der Waals surface area (Å²) in [5, 5.41) is 0. The quantitative estimate of drug-likeness (QED) is 0.803. The van der Waals surface area contributed by atoms with Gasteiger partial charge in [-0.25, -0.2) is 4.98 Å². The highest BCUT2D eigenvalue weighted by Gasteiger charge is 2.21. The Morgan fingerprint density at radius 1 is 1.22 bits per heavy atom. The lowest BCUT2D eigenvalue weighted by molar-refractivity contribution is -0.139. The summed E-state index contributed by atoms with van der Waals surface area (Å²) in [4.78, 5) is 31.7. The first-order valence-electron chi connectivity index (χ1n) is 8.10. The van der Waals surface area contributed by atoms with Crippen molar-refractivity contribution in [3.05, 3.63) is 48.7 Å². The normalized spacial score (nSPS) is 19.6. The van der Waals surface area contributed by atoms with Crippen molar-refractivity contribution in [3.63, 3.8) is 0 Å². The van der Waals surface area contributed by atoms with E-state index in [4.69, 9.17) is 0 Å². The first-order chi connectivity index (χ1) is 11.2. The second kappa shape index (κ2) is 7.22. The van der Waals surface area contributed by atoms with Gasteiger partial charge >= 0.3 is 0 Å². The predicted molar refractivity (Wildman–Crippen MR) is 88.8 cm³/mol. The van der Waals surface area contributed by atoms with E-state index >= 15 is 0 Å². The fourth-order valence-electron chi connectivity index (χ4n) is 2.98. The minimum Gasteiger partial charge on any atom is -0.357 e. The van der Waals surface area contributed by atoms with Gasteiger partial charge < -0.3 is 4.90 Å². The Labute approximate surface area is 136 Å². The average molecular weight is 311 g/mol. The molecule has 120 valence electrons. The topological polar surface area (TPSA) is 53.5 Å². The van der Waals surface area contributed by atoms with E-state index in [1.54, 1.807) is 6.08 Å². The number of anilines is 1. The molecule has 2 amide bonds. The van der Waals surface area contributed by atoms with Crippen LogP contribution in [0.1, 0.15) is 19.3 Å². The van der Waals surface area contributed by atoms with Crippen molar-refractivity contribution in [2.75, 3.05) is 24.5 Å². The second-order valence-corrected chi connectivity index (χ2v) is 5.89. The van der Waals surface area contributed by atoms with Gasteiger partial charge in [0, 0.05) is 25.8 Å². The maximum absolute atomic E-state index is 12.1. The van der Waals surface area contributed by atoms with Crippen LogP contribution < -0.4 is 4.90 Å². The molecule has 0 spiro atoms. The zero-order valence-corrected chi connectivity index (χ0v) is 13.1. The fourth-order valence-corrected chi connectivity index (χ4v) is 2.98. The Morgan fingerprint density at radius 3 is 2.74 bits per heavy atom. The van der Waals surface area contributed by atoms with Crippen LogP contribution in [0.25, 0.3) is 0 Å². The molecule has 23 heavy (non-hydrogen) atoms. The summed E-state index contributed by atoms with van der Waals surface area (Å²) in [6, 6.07) is 5.94. The third-order valence-corrected chi connectivity index (χ3v) is 4.34. The molecule has 3 rings (SSSR count). The zero-order chi connectivity index (χ0) is 16.1. The molecular formula is C18H21N3O2. The van der Waals surface area contributed by atoms with Gasteiger partial charge in [0.2, 0.25) is 0 Å². The van der Waals surface area contributed by atoms with Gasteiger partial charge in [0.05, 0.1) is 0 Å². The molecule has 3 heterocycles. The van der Waals surface area contributed by atoms with E-state index in [0.717, 1.165) is 38.2 Å². The molecule has 1 fully saturated rings. The summed E-state index contributed by atoms with van der Waals surface area (Å²) >= 11 is 0. The first-order valence-corrected chi connectivity index (χ1v) is 8.10. The monoisotopic (exact) mass is 311 g/mol. The van der Waals surface area contributed by atoms with E-state index in [2.05, 4.69) is 9.88 Å². The SMILES string of the molecule is O=C1C=CCCN1C(=O)/C=C/C1CCN(c2ccccn2)CC1. The number of pyridine rings is 1. The van der Waals surface area contributed by atoms with Crippen LogP contribution in [0.15, 0.2) is 48.7 Å². The van der Waals surface area contributed by atoms with Crippen molar-refractivity contribution in [3.8, 4) is 0 Å². The molecule has 0 atom stereocenters. The predicted octanol–water partition coefficient (Wildman–Crippen LogP) is 2.17. The van der Waals surface area contributed by atoms with E-state index < -0.39 is 0 Å². The van der Waals surface area contributed by atoms with E-state index in [1.807, 2.05) is 36.5 Å². The zero-order valence-electron chi connectivity index (χ0n) is 13.1. The van der Waals surface area contributed by atoms with Crippen molar-refractivity contribution in [1.82, 2.24) is 9.88 Å². The highest BCUT2D eigenvalue weighted by Crippen LogP contribution is 2.22. The third-order valence-electron chi connectivity index (χ3n) is 4.34. The molecule has 0 radical (unpaired) electrons. The van der Waals surface area contributed by atoms with Crippen LogP contribution in [0.3, 0.4) is 0 Å². The van der Waals surface area contributed by atoms with Crippen LogP contribution in [0.5, 0.6) is 0 Å². The molecule has 5 heteroatoms. The van der Waals surface area contributed by atoms with Gasteiger partial charge in [-0.2, -0.15) is 0 Å². The number of aromatic nitrogens is 1. The van der Waals surface area contributed by atoms with Crippen LogP contribution in [0.4, 0.5) is 5.82 Å². The fraction of sp³-hybridized carbons (Fsp3) is 0.389. The number of rotatable bonds is 3. The van der Waals surface area contributed by atoms with E-state index in [9.17, 15) is 9.59 Å². The van der Waals surface area contributed by atoms with Gasteiger partial charge in [-0.15, -0.1) is 0 Å². The number of hydrogen-bond donors (Lipinski definition) is 0. The lowest BCUT2D eigenvalue weighted by Crippen LogP contribution is -2.37. The lowest BCUT2D eigenvalue weighted by Gasteiger charge is -2.31. The Hall–Kier alpha value is -2.43. The smallest absolute Gasteiger partial charge is 0.253 e. The number of hydrogen-bond acceptors (Lipinski definition) is 4. The molecule has 1 aromatic rings. The highest BCUT2D eigenvalue weighted by atomic mass is 16.2. The first kappa shape index (κ1) is 15.5. The molecule has 1 aromatic heterocycles. The van der Waals surface area contributed by atoms with Crippen LogP contribution >= 0.6 is 0 Å². The Morgan fingerprint density at radius 2 is 2.04 bits per heavy atom. The molecular weight excluding hydrogens is 290 g/mol. The lowest BCUT2D eigenvalue weighted by atomic mass is 9.96. The Bertz CT molecular complexity index is 616. The van der Waals surface area contributed by atoms with E-state index in [0.29, 0.717) is 12.5 Å². The summed E-state index contributed by atoms with van der Waals surface area (Å²) in [5.74, 6) is 0.980. The van der Waals surface area contributed by atoms with Crippen molar-refractivity contribution in [1.29, 1.82) is 0 Å². The van der Waals surface area contributed by atoms with Crippen LogP contribution in [-0.4, -0.2) is 41.3 Å². The van der Waals surface area contributed by atoms with E-state index in [1.165, 1.54) is 11.0 Å². The number of imide groups is 1. The molecule has 0 unspecified atom stereocenters. The van der Waals surface area contributed by atoms with Crippen molar-refractivity contribution in [2.45, 2.75) is 19.3 Å². The van der Waals surface area contributed by atoms with Crippen LogP contribution in [-0.2, 0) is 9.59 Å². The molecule has 2 aliphatic rings. The molecule has 2 aliphatic heterocycles. The minimum absolute atomic E-state index is 0.202. The van der Waals surface area contributed by atoms with Crippen molar-refractivity contribution < 1.29 is 9.59 Å². The van der Waals surface area contributed by atoms with Gasteiger partial charge in [0.1, 0.15) is 5.82 Å². The minimum atomic E-state index is -0.212. The van der Waals surface area contributed by atoms with Gasteiger partial charge in [-0.3, -0.25) is 14.5 Å². The van der Waals surface area contributed by atoms with Gasteiger partial charge in [-0.1, -0.05) is 18.2 Å². The van der Waals surface area contributed by atoms with Crippen LogP contribution in [0, 0.1) is 5.92 Å². The van der Waals surface area contributed by atoms with E-state index in [-0.39, 0.29) is 11.8 Å². The summed E-state index contributed by atoms with van der Waals surface area (Å²) in [6.07, 6.45) is 11.4. The second-order valence-electron chi connectivity index (χ2n) is 5.89. The van der Waals surface area contributed by atoms with Gasteiger partial charge in [-0.05, 0) is 49.5 Å². The van der Waals surface area contributed by atoms with Crippen LogP contribution in [0.2, 0.25) is 0 Å². The Balaban J connectivity index is 1.51. The van der Waals surface area contributed by atoms with Gasteiger partial charge in [0.25, 0.3) is 11.8 Å². The molecule has 0 N–H and O–H groups in total. The number of allylic oxidation sites excluding steroid dienone is 1. The molecule has 0 saturated carbocycles. The van der Waals surface area contributed by atoms with Crippen molar-refractivity contribution in [2.24, 2.45) is 5.92 Å². The summed E-state index contributed by atoms with van der Waals surface area (Å²) in [5.41, 5.74) is 0. The molecule has 0 aliphatic carbocycles. The van der Waals surface area contributed by atoms with Gasteiger partial charge in [0.15, 0.2) is 0 Å². The molecule has 0 bridgehead atoms. The highest BCUT2D eigenvalue weighted by molar-refractivity contribution is 6.05. The number of carbonyl (C=O) groups is 2. The number of nitrogens with zero attached hydrogens (tertiary/aromatic N) is 3. The largest absolute Gasteiger partial charge is 0.357 e. The number of carbonyl (C=O) groups excluding carboxylic acids is 2. The summed E-state index contributed by atoms with van der Waals surface area (Å²) < 4.78 is 0. The maximum Gasteiger partial charge on any atom is 0.253 e.